The molecule has 0 aliphatic heterocycles. The lowest BCUT2D eigenvalue weighted by Crippen LogP contribution is -2.47. The summed E-state index contributed by atoms with van der Waals surface area (Å²) in [5.41, 5.74) is 2.71. The van der Waals surface area contributed by atoms with E-state index in [1.165, 1.54) is 0 Å². The number of carboxylic acids is 1. The summed E-state index contributed by atoms with van der Waals surface area (Å²) in [6.45, 7) is 1.13. The van der Waals surface area contributed by atoms with Crippen molar-refractivity contribution in [1.29, 1.82) is 0 Å². The highest BCUT2D eigenvalue weighted by atomic mass is 19.1. The van der Waals surface area contributed by atoms with Crippen LogP contribution < -0.4 is 11.2 Å². The molecule has 0 fully saturated rings. The normalized spacial score (nSPS) is 14.1. The fourth-order valence-corrected chi connectivity index (χ4v) is 1.38. The Kier molecular flexibility index (Phi) is 4.05. The first kappa shape index (κ1) is 14.6. The number of nitrogens with two attached hydrogens (primary N) is 1. The van der Waals surface area contributed by atoms with Gasteiger partial charge in [-0.1, -0.05) is 0 Å². The van der Waals surface area contributed by atoms with E-state index in [4.69, 9.17) is 20.9 Å². The lowest BCUT2D eigenvalue weighted by Gasteiger charge is -2.20. The number of benzene rings is 1. The second-order valence-electron chi connectivity index (χ2n) is 4.24. The summed E-state index contributed by atoms with van der Waals surface area (Å²) in [6.07, 6.45) is -0.554. The van der Waals surface area contributed by atoms with E-state index in [0.717, 1.165) is 19.1 Å². The van der Waals surface area contributed by atoms with Crippen LogP contribution in [0, 0.1) is 11.6 Å². The van der Waals surface area contributed by atoms with Crippen LogP contribution in [-0.2, 0) is 11.2 Å². The number of halogens is 2. The van der Waals surface area contributed by atoms with Crippen LogP contribution in [0.25, 0.3) is 0 Å². The molecule has 0 spiro atoms. The maximum atomic E-state index is 13.6. The van der Waals surface area contributed by atoms with Gasteiger partial charge in [0.15, 0.2) is 0 Å². The van der Waals surface area contributed by atoms with Gasteiger partial charge in [0.05, 0.1) is 0 Å². The molecule has 0 amide bonds. The van der Waals surface area contributed by atoms with Crippen LogP contribution in [0.1, 0.15) is 12.5 Å². The Morgan fingerprint density at radius 1 is 1.39 bits per heavy atom. The lowest BCUT2D eigenvalue weighted by molar-refractivity contribution is -0.142. The van der Waals surface area contributed by atoms with Crippen LogP contribution in [0.15, 0.2) is 12.1 Å². The molecule has 0 saturated carbocycles. The predicted molar refractivity (Wildman–Crippen MR) is 60.1 cm³/mol. The molecule has 8 heteroatoms. The molecule has 0 bridgehead atoms. The minimum absolute atomic E-state index is 0.359. The topological polar surface area (TPSA) is 104 Å². The van der Waals surface area contributed by atoms with Gasteiger partial charge >= 0.3 is 13.1 Å². The van der Waals surface area contributed by atoms with Crippen LogP contribution in [-0.4, -0.2) is 33.8 Å². The smallest absolute Gasteiger partial charge is 0.480 e. The molecule has 1 atom stereocenters. The molecular weight excluding hydrogens is 247 g/mol. The third kappa shape index (κ3) is 3.03. The number of hydrogen-bond acceptors (Lipinski definition) is 4. The average molecular weight is 259 g/mol. The zero-order chi connectivity index (χ0) is 14.1. The van der Waals surface area contributed by atoms with E-state index < -0.39 is 42.2 Å². The van der Waals surface area contributed by atoms with Gasteiger partial charge in [-0.15, -0.1) is 0 Å². The fourth-order valence-electron chi connectivity index (χ4n) is 1.38. The molecule has 0 saturated heterocycles. The van der Waals surface area contributed by atoms with Crippen molar-refractivity contribution in [3.63, 3.8) is 0 Å². The van der Waals surface area contributed by atoms with Gasteiger partial charge in [0.2, 0.25) is 0 Å². The molecule has 1 aromatic rings. The van der Waals surface area contributed by atoms with E-state index in [1.54, 1.807) is 0 Å². The van der Waals surface area contributed by atoms with Gasteiger partial charge < -0.3 is 20.9 Å². The quantitative estimate of drug-likeness (QED) is 0.518. The van der Waals surface area contributed by atoms with Gasteiger partial charge in [-0.2, -0.15) is 0 Å². The fraction of sp³-hybridized carbons (Fsp3) is 0.300. The highest BCUT2D eigenvalue weighted by molar-refractivity contribution is 6.58. The summed E-state index contributed by atoms with van der Waals surface area (Å²) in [7, 11) is -2.01. The zero-order valence-corrected chi connectivity index (χ0v) is 9.52. The van der Waals surface area contributed by atoms with Gasteiger partial charge in [0.25, 0.3) is 0 Å². The predicted octanol–water partition coefficient (Wildman–Crippen LogP) is -1.01. The average Bonchev–Trinajstić information content (AvgIpc) is 2.22. The zero-order valence-electron chi connectivity index (χ0n) is 9.52. The Bertz CT molecular complexity index is 456. The molecule has 0 aliphatic rings. The Morgan fingerprint density at radius 3 is 2.17 bits per heavy atom. The van der Waals surface area contributed by atoms with Crippen LogP contribution in [0.2, 0.25) is 0 Å². The van der Waals surface area contributed by atoms with Crippen molar-refractivity contribution < 1.29 is 28.7 Å². The van der Waals surface area contributed by atoms with Crippen LogP contribution in [0.5, 0.6) is 0 Å². The first-order chi connectivity index (χ1) is 8.15. The Hall–Kier alpha value is -1.51. The van der Waals surface area contributed by atoms with Crippen LogP contribution in [0.4, 0.5) is 8.78 Å². The summed E-state index contributed by atoms with van der Waals surface area (Å²) >= 11 is 0. The first-order valence-electron chi connectivity index (χ1n) is 5.01. The van der Waals surface area contributed by atoms with Gasteiger partial charge in [-0.25, -0.2) is 8.78 Å². The molecule has 98 valence electrons. The number of carboxylic acid groups (broad SMARTS) is 1. The summed E-state index contributed by atoms with van der Waals surface area (Å²) in [5.74, 6) is -3.54. The molecule has 18 heavy (non-hydrogen) atoms. The molecule has 0 heterocycles. The second-order valence-corrected chi connectivity index (χ2v) is 4.24. The number of hydrogen-bond donors (Lipinski definition) is 4. The molecule has 1 aromatic carbocycles. The molecule has 0 aromatic heterocycles. The maximum absolute atomic E-state index is 13.6. The molecule has 5 N–H and O–H groups in total. The van der Waals surface area contributed by atoms with Crippen molar-refractivity contribution >= 4 is 18.6 Å². The summed E-state index contributed by atoms with van der Waals surface area (Å²) in [5, 5.41) is 26.4. The van der Waals surface area contributed by atoms with Crippen molar-refractivity contribution in [1.82, 2.24) is 0 Å². The molecule has 1 unspecified atom stereocenters. The van der Waals surface area contributed by atoms with Gasteiger partial charge in [-0.3, -0.25) is 4.79 Å². The van der Waals surface area contributed by atoms with Gasteiger partial charge in [-0.05, 0) is 24.5 Å². The first-order valence-corrected chi connectivity index (χ1v) is 5.01. The molecular formula is C10H12BF2NO4. The highest BCUT2D eigenvalue weighted by Crippen LogP contribution is 2.17. The SMILES string of the molecule is CC(N)(Cc1c(F)cc(B(O)O)cc1F)C(=O)O. The van der Waals surface area contributed by atoms with E-state index in [-0.39, 0.29) is 5.46 Å². The standard InChI is InChI=1S/C10H12BF2NO4/c1-10(14,9(15)16)4-6-7(12)2-5(11(17)18)3-8(6)13/h2-3,17-18H,4,14H2,1H3,(H,15,16). The molecule has 5 nitrogen and oxygen atoms in total. The third-order valence-corrected chi connectivity index (χ3v) is 2.49. The van der Waals surface area contributed by atoms with Crippen molar-refractivity contribution in [3.8, 4) is 0 Å². The monoisotopic (exact) mass is 259 g/mol. The lowest BCUT2D eigenvalue weighted by atomic mass is 9.79. The van der Waals surface area contributed by atoms with Crippen LogP contribution in [0.3, 0.4) is 0 Å². The molecule has 0 aliphatic carbocycles. The van der Waals surface area contributed by atoms with Gasteiger partial charge in [0, 0.05) is 12.0 Å². The highest BCUT2D eigenvalue weighted by Gasteiger charge is 2.31. The number of aliphatic carboxylic acids is 1. The van der Waals surface area contributed by atoms with E-state index in [2.05, 4.69) is 0 Å². The minimum Gasteiger partial charge on any atom is -0.480 e. The summed E-state index contributed by atoms with van der Waals surface area (Å²) in [6, 6.07) is 1.45. The molecule has 1 rings (SSSR count). The minimum atomic E-state index is -2.01. The van der Waals surface area contributed by atoms with E-state index >= 15 is 0 Å². The van der Waals surface area contributed by atoms with Crippen molar-refractivity contribution in [2.45, 2.75) is 18.9 Å². The van der Waals surface area contributed by atoms with Crippen molar-refractivity contribution in [2.75, 3.05) is 0 Å². The van der Waals surface area contributed by atoms with Crippen molar-refractivity contribution in [2.24, 2.45) is 5.73 Å². The molecule has 0 radical (unpaired) electrons. The number of rotatable bonds is 4. The number of carbonyl (C=O) groups is 1. The van der Waals surface area contributed by atoms with Gasteiger partial charge in [0.1, 0.15) is 17.2 Å². The largest absolute Gasteiger partial charge is 0.488 e. The maximum Gasteiger partial charge on any atom is 0.488 e. The van der Waals surface area contributed by atoms with E-state index in [0.29, 0.717) is 0 Å². The Morgan fingerprint density at radius 2 is 1.83 bits per heavy atom. The third-order valence-electron chi connectivity index (χ3n) is 2.49. The van der Waals surface area contributed by atoms with E-state index in [1.807, 2.05) is 0 Å². The van der Waals surface area contributed by atoms with E-state index in [9.17, 15) is 13.6 Å². The van der Waals surface area contributed by atoms with Crippen LogP contribution >= 0.6 is 0 Å². The second kappa shape index (κ2) is 5.01. The summed E-state index contributed by atoms with van der Waals surface area (Å²) < 4.78 is 27.1. The Balaban J connectivity index is 3.16. The summed E-state index contributed by atoms with van der Waals surface area (Å²) in [4.78, 5) is 10.8. The van der Waals surface area contributed by atoms with Crippen molar-refractivity contribution in [3.05, 3.63) is 29.3 Å². The Labute approximate surface area is 102 Å².